The van der Waals surface area contributed by atoms with Crippen molar-refractivity contribution < 1.29 is 18.8 Å². The van der Waals surface area contributed by atoms with Gasteiger partial charge in [-0.1, -0.05) is 31.5 Å². The zero-order valence-electron chi connectivity index (χ0n) is 14.7. The van der Waals surface area contributed by atoms with E-state index in [4.69, 9.17) is 22.1 Å². The van der Waals surface area contributed by atoms with Crippen molar-refractivity contribution in [2.24, 2.45) is 11.7 Å². The van der Waals surface area contributed by atoms with Crippen LogP contribution in [0.3, 0.4) is 0 Å². The summed E-state index contributed by atoms with van der Waals surface area (Å²) in [6.45, 7) is 3.79. The van der Waals surface area contributed by atoms with Gasteiger partial charge in [0.1, 0.15) is 5.75 Å². The Morgan fingerprint density at radius 1 is 1.30 bits per heavy atom. The summed E-state index contributed by atoms with van der Waals surface area (Å²) in [4.78, 5) is 22.0. The van der Waals surface area contributed by atoms with Crippen LogP contribution >= 0.6 is 11.6 Å². The highest BCUT2D eigenvalue weighted by molar-refractivity contribution is 6.32. The second-order valence-electron chi connectivity index (χ2n) is 6.23. The Morgan fingerprint density at radius 2 is 1.96 bits per heavy atom. The van der Waals surface area contributed by atoms with Gasteiger partial charge in [0.05, 0.1) is 16.0 Å². The average molecular weight is 396 g/mol. The number of carbonyl (C=O) groups excluding carboxylic acids is 1. The lowest BCUT2D eigenvalue weighted by atomic mass is 10.0. The molecule has 2 aromatic rings. The minimum atomic E-state index is -0.663. The van der Waals surface area contributed by atoms with Crippen molar-refractivity contribution in [2.75, 3.05) is 0 Å². The number of nitro benzene ring substituents is 1. The molecule has 7 nitrogen and oxygen atoms in total. The molecular formula is C18H19ClFN3O4. The molecule has 0 saturated carbocycles. The van der Waals surface area contributed by atoms with Crippen LogP contribution in [0.4, 0.5) is 10.1 Å². The number of nitrogens with two attached hydrogens (primary N) is 1. The van der Waals surface area contributed by atoms with Crippen LogP contribution in [0.1, 0.15) is 19.4 Å². The number of carbonyl (C=O) groups is 1. The van der Waals surface area contributed by atoms with Gasteiger partial charge in [0.25, 0.3) is 5.69 Å². The Morgan fingerprint density at radius 3 is 2.52 bits per heavy atom. The Bertz CT molecular complexity index is 860. The second-order valence-corrected chi connectivity index (χ2v) is 6.63. The quantitative estimate of drug-likeness (QED) is 0.548. The van der Waals surface area contributed by atoms with Gasteiger partial charge in [0.15, 0.2) is 11.6 Å². The first kappa shape index (κ1) is 20.6. The van der Waals surface area contributed by atoms with Crippen LogP contribution in [0, 0.1) is 21.8 Å². The van der Waals surface area contributed by atoms with Gasteiger partial charge in [-0.2, -0.15) is 0 Å². The first-order valence-electron chi connectivity index (χ1n) is 8.12. The third-order valence-electron chi connectivity index (χ3n) is 3.83. The van der Waals surface area contributed by atoms with Gasteiger partial charge in [-0.15, -0.1) is 0 Å². The second kappa shape index (κ2) is 8.79. The average Bonchev–Trinajstić information content (AvgIpc) is 2.62. The summed E-state index contributed by atoms with van der Waals surface area (Å²) in [7, 11) is 0. The van der Waals surface area contributed by atoms with E-state index >= 15 is 0 Å². The number of hydrogen-bond donors (Lipinski definition) is 2. The summed E-state index contributed by atoms with van der Waals surface area (Å²) in [5, 5.41) is 13.3. The number of nitro groups is 1. The maximum atomic E-state index is 14.3. The van der Waals surface area contributed by atoms with Crippen molar-refractivity contribution >= 4 is 23.2 Å². The fraction of sp³-hybridized carbons (Fsp3) is 0.278. The van der Waals surface area contributed by atoms with Crippen molar-refractivity contribution in [2.45, 2.75) is 26.4 Å². The number of hydrogen-bond acceptors (Lipinski definition) is 5. The van der Waals surface area contributed by atoms with Crippen molar-refractivity contribution in [3.05, 3.63) is 62.9 Å². The summed E-state index contributed by atoms with van der Waals surface area (Å²) < 4.78 is 19.7. The van der Waals surface area contributed by atoms with Gasteiger partial charge in [-0.25, -0.2) is 4.39 Å². The van der Waals surface area contributed by atoms with E-state index in [-0.39, 0.29) is 40.6 Å². The Kier molecular flexibility index (Phi) is 6.70. The van der Waals surface area contributed by atoms with Crippen LogP contribution in [-0.4, -0.2) is 16.9 Å². The Balaban J connectivity index is 2.06. The van der Waals surface area contributed by atoms with Gasteiger partial charge >= 0.3 is 0 Å². The van der Waals surface area contributed by atoms with E-state index in [2.05, 4.69) is 5.32 Å². The van der Waals surface area contributed by atoms with E-state index in [1.165, 1.54) is 24.3 Å². The normalized spacial score (nSPS) is 11.9. The molecule has 1 atom stereocenters. The fourth-order valence-electron chi connectivity index (χ4n) is 2.15. The number of rotatable bonds is 7. The zero-order valence-corrected chi connectivity index (χ0v) is 15.5. The number of ether oxygens (including phenoxy) is 1. The lowest BCUT2D eigenvalue weighted by Gasteiger charge is -2.15. The predicted octanol–water partition coefficient (Wildman–Crippen LogP) is 3.78. The van der Waals surface area contributed by atoms with E-state index < -0.39 is 16.8 Å². The minimum Gasteiger partial charge on any atom is -0.453 e. The molecule has 9 heteroatoms. The largest absolute Gasteiger partial charge is 0.453 e. The molecule has 0 saturated heterocycles. The Labute approximate surface area is 160 Å². The third kappa shape index (κ3) is 5.38. The summed E-state index contributed by atoms with van der Waals surface area (Å²) in [5.74, 6) is -0.999. The molecule has 0 aliphatic carbocycles. The van der Waals surface area contributed by atoms with Crippen molar-refractivity contribution in [1.82, 2.24) is 5.32 Å². The fourth-order valence-corrected chi connectivity index (χ4v) is 2.36. The zero-order chi connectivity index (χ0) is 20.1. The number of non-ortho nitro benzene ring substituents is 1. The van der Waals surface area contributed by atoms with Crippen LogP contribution < -0.4 is 15.8 Å². The van der Waals surface area contributed by atoms with Gasteiger partial charge in [-0.05, 0) is 29.7 Å². The topological polar surface area (TPSA) is 107 Å². The molecular weight excluding hydrogens is 377 g/mol. The van der Waals surface area contributed by atoms with Crippen molar-refractivity contribution in [1.29, 1.82) is 0 Å². The van der Waals surface area contributed by atoms with Crippen molar-refractivity contribution in [3.63, 3.8) is 0 Å². The minimum absolute atomic E-state index is 0.0102. The molecule has 0 fully saturated rings. The third-order valence-corrected chi connectivity index (χ3v) is 4.13. The SMILES string of the molecule is CC(C)[C@H](N)C(=O)NCc1ccc(Oc2ccc([N+](=O)[O-])cc2Cl)c(F)c1. The molecule has 1 amide bonds. The lowest BCUT2D eigenvalue weighted by molar-refractivity contribution is -0.384. The highest BCUT2D eigenvalue weighted by Crippen LogP contribution is 2.33. The maximum Gasteiger partial charge on any atom is 0.271 e. The molecule has 2 rings (SSSR count). The first-order valence-corrected chi connectivity index (χ1v) is 8.50. The Hall–Kier alpha value is -2.71. The highest BCUT2D eigenvalue weighted by Gasteiger charge is 2.17. The predicted molar refractivity (Wildman–Crippen MR) is 99.2 cm³/mol. The molecule has 0 radical (unpaired) electrons. The van der Waals surface area contributed by atoms with Gasteiger partial charge < -0.3 is 15.8 Å². The molecule has 0 aromatic heterocycles. The molecule has 0 heterocycles. The standard InChI is InChI=1S/C18H19ClFN3O4/c1-10(2)17(21)18(24)22-9-11-3-5-16(14(20)7-11)27-15-6-4-12(23(25)26)8-13(15)19/h3-8,10,17H,9,21H2,1-2H3,(H,22,24)/t17-/m0/s1. The van der Waals surface area contributed by atoms with Gasteiger partial charge in [0.2, 0.25) is 5.91 Å². The number of amides is 1. The van der Waals surface area contributed by atoms with Crippen LogP contribution in [0.25, 0.3) is 0 Å². The summed E-state index contributed by atoms with van der Waals surface area (Å²) in [6.07, 6.45) is 0. The van der Waals surface area contributed by atoms with Gasteiger partial charge in [0, 0.05) is 18.7 Å². The molecule has 144 valence electrons. The lowest BCUT2D eigenvalue weighted by Crippen LogP contribution is -2.43. The molecule has 0 unspecified atom stereocenters. The molecule has 27 heavy (non-hydrogen) atoms. The number of nitrogens with one attached hydrogen (secondary N) is 1. The van der Waals surface area contributed by atoms with Crippen LogP contribution in [-0.2, 0) is 11.3 Å². The summed E-state index contributed by atoms with van der Waals surface area (Å²) in [6, 6.07) is 7.17. The molecule has 0 bridgehead atoms. The van der Waals surface area contributed by atoms with Crippen LogP contribution in [0.15, 0.2) is 36.4 Å². The molecule has 2 aromatic carbocycles. The van der Waals surface area contributed by atoms with E-state index in [9.17, 15) is 19.3 Å². The smallest absolute Gasteiger partial charge is 0.271 e. The number of halogens is 2. The van der Waals surface area contributed by atoms with Crippen LogP contribution in [0.5, 0.6) is 11.5 Å². The van der Waals surface area contributed by atoms with E-state index in [1.54, 1.807) is 6.07 Å². The van der Waals surface area contributed by atoms with E-state index in [0.717, 1.165) is 6.07 Å². The highest BCUT2D eigenvalue weighted by atomic mass is 35.5. The number of benzene rings is 2. The van der Waals surface area contributed by atoms with Crippen LogP contribution in [0.2, 0.25) is 5.02 Å². The maximum absolute atomic E-state index is 14.3. The molecule has 0 spiro atoms. The van der Waals surface area contributed by atoms with E-state index in [0.29, 0.717) is 5.56 Å². The summed E-state index contributed by atoms with van der Waals surface area (Å²) >= 11 is 5.94. The van der Waals surface area contributed by atoms with Gasteiger partial charge in [-0.3, -0.25) is 14.9 Å². The van der Waals surface area contributed by atoms with E-state index in [1.807, 2.05) is 13.8 Å². The molecule has 0 aliphatic rings. The first-order chi connectivity index (χ1) is 12.7. The number of nitrogens with zero attached hydrogens (tertiary/aromatic N) is 1. The monoisotopic (exact) mass is 395 g/mol. The van der Waals surface area contributed by atoms with Crippen molar-refractivity contribution in [3.8, 4) is 11.5 Å². The summed E-state index contributed by atoms with van der Waals surface area (Å²) in [5.41, 5.74) is 6.08. The molecule has 0 aliphatic heterocycles. The molecule has 3 N–H and O–H groups in total.